The molecule has 6 nitrogen and oxygen atoms in total. The molecule has 29 heavy (non-hydrogen) atoms. The van der Waals surface area contributed by atoms with E-state index in [1.165, 1.54) is 0 Å². The molecule has 1 heterocycles. The number of para-hydroxylation sites is 2. The number of esters is 1. The lowest BCUT2D eigenvalue weighted by molar-refractivity contribution is -0.146. The predicted octanol–water partition coefficient (Wildman–Crippen LogP) is 4.37. The second kappa shape index (κ2) is 10.1. The highest BCUT2D eigenvalue weighted by atomic mass is 32.2. The molecule has 1 N–H and O–H groups in total. The van der Waals surface area contributed by atoms with E-state index in [1.807, 2.05) is 54.6 Å². The van der Waals surface area contributed by atoms with Gasteiger partial charge in [-0.25, -0.2) is 4.98 Å². The molecular formula is C22H24N2O4S. The molecule has 152 valence electrons. The van der Waals surface area contributed by atoms with Crippen molar-refractivity contribution in [1.82, 2.24) is 10.3 Å². The van der Waals surface area contributed by atoms with E-state index in [-0.39, 0.29) is 24.3 Å². The quantitative estimate of drug-likeness (QED) is 0.415. The third-order valence-electron chi connectivity index (χ3n) is 4.20. The molecule has 0 bridgehead atoms. The average Bonchev–Trinajstić information content (AvgIpc) is 3.13. The minimum absolute atomic E-state index is 0.0220. The molecule has 1 aromatic heterocycles. The highest BCUT2D eigenvalue weighted by Gasteiger charge is 2.17. The Morgan fingerprint density at radius 3 is 2.55 bits per heavy atom. The largest absolute Gasteiger partial charge is 0.455 e. The van der Waals surface area contributed by atoms with Gasteiger partial charge in [0.15, 0.2) is 12.2 Å². The molecule has 0 spiro atoms. The maximum Gasteiger partial charge on any atom is 0.316 e. The lowest BCUT2D eigenvalue weighted by Gasteiger charge is -2.21. The van der Waals surface area contributed by atoms with Crippen LogP contribution in [0, 0.1) is 5.92 Å². The van der Waals surface area contributed by atoms with Crippen LogP contribution in [0.2, 0.25) is 0 Å². The van der Waals surface area contributed by atoms with Crippen LogP contribution in [0.5, 0.6) is 0 Å². The van der Waals surface area contributed by atoms with Crippen LogP contribution in [0.4, 0.5) is 0 Å². The number of amides is 1. The molecule has 0 aliphatic rings. The van der Waals surface area contributed by atoms with Crippen LogP contribution < -0.4 is 5.32 Å². The summed E-state index contributed by atoms with van der Waals surface area (Å²) in [7, 11) is 0. The Morgan fingerprint density at radius 2 is 1.83 bits per heavy atom. The number of ether oxygens (including phenoxy) is 1. The number of carbonyl (C=O) groups is 2. The summed E-state index contributed by atoms with van der Waals surface area (Å²) in [6, 6.07) is 17.1. The number of benzene rings is 2. The number of rotatable bonds is 9. The fourth-order valence-electron chi connectivity index (χ4n) is 2.89. The maximum atomic E-state index is 12.3. The molecular weight excluding hydrogens is 388 g/mol. The number of hydrogen-bond donors (Lipinski definition) is 1. The standard InChI is InChI=1S/C22H24N2O4S/c1-15(2)12-18(16-8-4-3-5-9-16)23-20(25)13-27-21(26)14-29-22-24-17-10-6-7-11-19(17)28-22/h3-11,15,18H,12-14H2,1-2H3,(H,23,25)/t18-/m0/s1. The number of hydrogen-bond acceptors (Lipinski definition) is 6. The van der Waals surface area contributed by atoms with Gasteiger partial charge in [-0.3, -0.25) is 9.59 Å². The summed E-state index contributed by atoms with van der Waals surface area (Å²) in [5, 5.41) is 3.35. The molecule has 1 atom stereocenters. The Balaban J connectivity index is 1.46. The SMILES string of the molecule is CC(C)C[C@H](NC(=O)COC(=O)CSc1nc2ccccc2o1)c1ccccc1. The normalized spacial score (nSPS) is 12.1. The summed E-state index contributed by atoms with van der Waals surface area (Å²) >= 11 is 1.14. The van der Waals surface area contributed by atoms with Crippen LogP contribution in [0.25, 0.3) is 11.1 Å². The van der Waals surface area contributed by atoms with Gasteiger partial charge in [0, 0.05) is 0 Å². The molecule has 0 saturated carbocycles. The van der Waals surface area contributed by atoms with Crippen LogP contribution in [0.3, 0.4) is 0 Å². The highest BCUT2D eigenvalue weighted by Crippen LogP contribution is 2.23. The van der Waals surface area contributed by atoms with E-state index in [0.29, 0.717) is 16.7 Å². The fraction of sp³-hybridized carbons (Fsp3) is 0.318. The Morgan fingerprint density at radius 1 is 1.10 bits per heavy atom. The first-order chi connectivity index (χ1) is 14.0. The maximum absolute atomic E-state index is 12.3. The number of nitrogens with zero attached hydrogens (tertiary/aromatic N) is 1. The van der Waals surface area contributed by atoms with Gasteiger partial charge < -0.3 is 14.5 Å². The Bertz CT molecular complexity index is 923. The summed E-state index contributed by atoms with van der Waals surface area (Å²) in [6.45, 7) is 3.89. The van der Waals surface area contributed by atoms with Crippen LogP contribution in [0.1, 0.15) is 31.9 Å². The van der Waals surface area contributed by atoms with Gasteiger partial charge in [-0.2, -0.15) is 0 Å². The second-order valence-electron chi connectivity index (χ2n) is 7.06. The van der Waals surface area contributed by atoms with Gasteiger partial charge in [0.2, 0.25) is 0 Å². The number of fused-ring (bicyclic) bond motifs is 1. The van der Waals surface area contributed by atoms with Crippen molar-refractivity contribution in [3.05, 3.63) is 60.2 Å². The Hall–Kier alpha value is -2.80. The first kappa shape index (κ1) is 20.9. The fourth-order valence-corrected chi connectivity index (χ4v) is 3.53. The van der Waals surface area contributed by atoms with Crippen LogP contribution in [0.15, 0.2) is 64.2 Å². The molecule has 0 aliphatic carbocycles. The molecule has 1 amide bonds. The first-order valence-corrected chi connectivity index (χ1v) is 10.5. The number of carbonyl (C=O) groups excluding carboxylic acids is 2. The summed E-state index contributed by atoms with van der Waals surface area (Å²) in [5.41, 5.74) is 2.44. The Kier molecular flexibility index (Phi) is 7.30. The monoisotopic (exact) mass is 412 g/mol. The predicted molar refractivity (Wildman–Crippen MR) is 112 cm³/mol. The van der Waals surface area contributed by atoms with E-state index in [2.05, 4.69) is 24.1 Å². The molecule has 0 fully saturated rings. The molecule has 0 unspecified atom stereocenters. The van der Waals surface area contributed by atoms with Gasteiger partial charge in [-0.05, 0) is 30.0 Å². The van der Waals surface area contributed by atoms with Crippen molar-refractivity contribution >= 4 is 34.7 Å². The third kappa shape index (κ3) is 6.35. The smallest absolute Gasteiger partial charge is 0.316 e. The lowest BCUT2D eigenvalue weighted by Crippen LogP contribution is -2.33. The zero-order valence-electron chi connectivity index (χ0n) is 16.5. The zero-order chi connectivity index (χ0) is 20.6. The van der Waals surface area contributed by atoms with Crippen LogP contribution in [-0.2, 0) is 14.3 Å². The van der Waals surface area contributed by atoms with Crippen molar-refractivity contribution in [3.63, 3.8) is 0 Å². The summed E-state index contributed by atoms with van der Waals surface area (Å²) in [4.78, 5) is 28.5. The second-order valence-corrected chi connectivity index (χ2v) is 7.98. The van der Waals surface area contributed by atoms with E-state index in [9.17, 15) is 9.59 Å². The average molecular weight is 413 g/mol. The van der Waals surface area contributed by atoms with Crippen molar-refractivity contribution < 1.29 is 18.7 Å². The third-order valence-corrected chi connectivity index (χ3v) is 5.00. The van der Waals surface area contributed by atoms with E-state index in [0.717, 1.165) is 29.3 Å². The van der Waals surface area contributed by atoms with Crippen LogP contribution >= 0.6 is 11.8 Å². The number of oxazole rings is 1. The minimum Gasteiger partial charge on any atom is -0.455 e. The number of nitrogens with one attached hydrogen (secondary N) is 1. The molecule has 0 aliphatic heterocycles. The number of aromatic nitrogens is 1. The zero-order valence-corrected chi connectivity index (χ0v) is 17.3. The molecule has 3 aromatic rings. The topological polar surface area (TPSA) is 81.4 Å². The first-order valence-electron chi connectivity index (χ1n) is 9.49. The van der Waals surface area contributed by atoms with E-state index in [1.54, 1.807) is 0 Å². The van der Waals surface area contributed by atoms with Gasteiger partial charge in [0.25, 0.3) is 11.1 Å². The van der Waals surface area contributed by atoms with Gasteiger partial charge in [-0.1, -0.05) is 68.1 Å². The van der Waals surface area contributed by atoms with Crippen molar-refractivity contribution in [3.8, 4) is 0 Å². The van der Waals surface area contributed by atoms with Gasteiger partial charge >= 0.3 is 5.97 Å². The van der Waals surface area contributed by atoms with E-state index >= 15 is 0 Å². The molecule has 0 radical (unpaired) electrons. The van der Waals surface area contributed by atoms with Gasteiger partial charge in [0.05, 0.1) is 6.04 Å². The van der Waals surface area contributed by atoms with E-state index in [4.69, 9.17) is 9.15 Å². The van der Waals surface area contributed by atoms with E-state index < -0.39 is 5.97 Å². The van der Waals surface area contributed by atoms with Crippen molar-refractivity contribution in [1.29, 1.82) is 0 Å². The molecule has 0 saturated heterocycles. The molecule has 2 aromatic carbocycles. The highest BCUT2D eigenvalue weighted by molar-refractivity contribution is 7.99. The summed E-state index contributed by atoms with van der Waals surface area (Å²) < 4.78 is 10.6. The van der Waals surface area contributed by atoms with Crippen LogP contribution in [-0.4, -0.2) is 29.2 Å². The lowest BCUT2D eigenvalue weighted by atomic mass is 9.97. The number of thioether (sulfide) groups is 1. The van der Waals surface area contributed by atoms with Crippen molar-refractivity contribution in [2.45, 2.75) is 31.5 Å². The van der Waals surface area contributed by atoms with Gasteiger partial charge in [0.1, 0.15) is 11.3 Å². The van der Waals surface area contributed by atoms with Crippen molar-refractivity contribution in [2.24, 2.45) is 5.92 Å². The minimum atomic E-state index is -0.493. The van der Waals surface area contributed by atoms with Gasteiger partial charge in [-0.15, -0.1) is 0 Å². The molecule has 3 rings (SSSR count). The summed E-state index contributed by atoms with van der Waals surface area (Å²) in [6.07, 6.45) is 0.803. The Labute approximate surface area is 174 Å². The molecule has 7 heteroatoms. The summed E-state index contributed by atoms with van der Waals surface area (Å²) in [5.74, 6) is -0.378. The van der Waals surface area contributed by atoms with Crippen molar-refractivity contribution in [2.75, 3.05) is 12.4 Å².